The number of nitrogens with two attached hydrogens (primary N) is 1. The quantitative estimate of drug-likeness (QED) is 0.0807. The first kappa shape index (κ1) is 74.7. The van der Waals surface area contributed by atoms with E-state index in [0.29, 0.717) is 61.9 Å². The molecule has 14 nitrogen and oxygen atoms in total. The van der Waals surface area contributed by atoms with E-state index in [1.165, 1.54) is 68.4 Å². The molecule has 1 unspecified atom stereocenters. The molecule has 0 bridgehead atoms. The van der Waals surface area contributed by atoms with Crippen LogP contribution in [0.4, 0.5) is 11.4 Å². The van der Waals surface area contributed by atoms with Crippen LogP contribution >= 0.6 is 0 Å². The SMILES string of the molecule is CC(C)(C)Cc1ccc2c(-c3ccccc3)c3ccc(=[NH2+])cc-3oc2c1.CC(C)(C)Nc1ccc2c(c1)C(=O)OC21c2ccc(O)cc2Oc2cc(O)ccc21.Cc1cc2cc3cc(C)c(NC(C)(C)C)cc3nc2cc1C.Cc1ccc2c(c1)Oc1cc(OC(C)(C)C)ccc1C21OC(=O)c2ccccc21.[Cl-]. The van der Waals surface area contributed by atoms with E-state index in [2.05, 4.69) is 152 Å². The summed E-state index contributed by atoms with van der Waals surface area (Å²) in [5.74, 6) is 2.88. The van der Waals surface area contributed by atoms with E-state index in [0.717, 1.165) is 73.4 Å². The molecule has 0 fully saturated rings. The molecule has 550 valence electrons. The van der Waals surface area contributed by atoms with E-state index in [1.807, 2.05) is 139 Å². The van der Waals surface area contributed by atoms with Gasteiger partial charge in [0.05, 0.1) is 28.2 Å². The first-order valence-corrected chi connectivity index (χ1v) is 36.3. The molecule has 108 heavy (non-hydrogen) atoms. The number of esters is 2. The van der Waals surface area contributed by atoms with Gasteiger partial charge in [-0.05, 0) is 238 Å². The zero-order valence-electron chi connectivity index (χ0n) is 64.0. The Morgan fingerprint density at radius 3 is 1.66 bits per heavy atom. The molecule has 0 saturated heterocycles. The molecule has 10 aromatic carbocycles. The topological polar surface area (TPSA) is 196 Å². The fraction of sp³-hybridized carbons (Fsp3) is 0.247. The van der Waals surface area contributed by atoms with Crippen LogP contribution in [0.5, 0.6) is 40.2 Å². The van der Waals surface area contributed by atoms with E-state index >= 15 is 0 Å². The van der Waals surface area contributed by atoms with E-state index in [9.17, 15) is 19.8 Å². The minimum Gasteiger partial charge on any atom is -1.00 e. The van der Waals surface area contributed by atoms with Gasteiger partial charge in [-0.25, -0.2) is 14.6 Å². The Labute approximate surface area is 637 Å². The molecule has 15 heteroatoms. The first-order chi connectivity index (χ1) is 50.6. The number of ether oxygens (including phenoxy) is 5. The van der Waals surface area contributed by atoms with Gasteiger partial charge in [0.15, 0.2) is 16.6 Å². The second kappa shape index (κ2) is 27.9. The van der Waals surface area contributed by atoms with Gasteiger partial charge in [0.2, 0.25) is 0 Å². The number of hydrogen-bond donors (Lipinski definition) is 5. The molecule has 6 aliphatic rings. The van der Waals surface area contributed by atoms with Crippen LogP contribution in [0.15, 0.2) is 217 Å². The normalized spacial score (nSPS) is 14.8. The maximum atomic E-state index is 13.0. The Kier molecular flexibility index (Phi) is 19.3. The van der Waals surface area contributed by atoms with Crippen LogP contribution in [-0.4, -0.2) is 43.8 Å². The fourth-order valence-corrected chi connectivity index (χ4v) is 14.8. The van der Waals surface area contributed by atoms with Gasteiger partial charge in [0.25, 0.3) is 0 Å². The Bertz CT molecular complexity index is 5710. The minimum absolute atomic E-state index is 0. The van der Waals surface area contributed by atoms with Crippen LogP contribution in [0, 0.1) is 33.1 Å². The number of pyridine rings is 1. The summed E-state index contributed by atoms with van der Waals surface area (Å²) in [6, 6.07) is 68.3. The van der Waals surface area contributed by atoms with Crippen molar-refractivity contribution in [3.63, 3.8) is 0 Å². The van der Waals surface area contributed by atoms with Gasteiger partial charge in [-0.1, -0.05) is 99.6 Å². The third-order valence-electron chi connectivity index (χ3n) is 19.2. The number of fused-ring (bicyclic) bond motifs is 16. The maximum Gasteiger partial charge on any atom is 0.340 e. The van der Waals surface area contributed by atoms with Gasteiger partial charge < -0.3 is 61.4 Å². The summed E-state index contributed by atoms with van der Waals surface area (Å²) in [5.41, 5.74) is 17.7. The van der Waals surface area contributed by atoms with Gasteiger partial charge >= 0.3 is 11.9 Å². The van der Waals surface area contributed by atoms with Crippen LogP contribution < -0.4 is 48.0 Å². The number of carbonyl (C=O) groups is 2. The number of aromatic nitrogens is 1. The van der Waals surface area contributed by atoms with Crippen molar-refractivity contribution in [2.24, 2.45) is 5.41 Å². The monoisotopic (exact) mass is 1460 g/mol. The number of benzene rings is 11. The number of aryl methyl sites for hydroxylation is 4. The Morgan fingerprint density at radius 1 is 0.481 bits per heavy atom. The summed E-state index contributed by atoms with van der Waals surface area (Å²) in [5, 5.41) is 37.2. The lowest BCUT2D eigenvalue weighted by molar-refractivity contribution is -0.172. The highest BCUT2D eigenvalue weighted by molar-refractivity contribution is 6.03. The molecule has 0 amide bonds. The Balaban J connectivity index is 0.000000127. The van der Waals surface area contributed by atoms with E-state index in [4.69, 9.17) is 38.5 Å². The highest BCUT2D eigenvalue weighted by Crippen LogP contribution is 2.59. The summed E-state index contributed by atoms with van der Waals surface area (Å²) in [7, 11) is 0. The lowest BCUT2D eigenvalue weighted by Gasteiger charge is -2.37. The summed E-state index contributed by atoms with van der Waals surface area (Å²) < 4.78 is 36.7. The van der Waals surface area contributed by atoms with Crippen molar-refractivity contribution in [3.8, 4) is 62.7 Å². The van der Waals surface area contributed by atoms with Crippen molar-refractivity contribution >= 4 is 56.1 Å². The van der Waals surface area contributed by atoms with Gasteiger partial charge in [-0.3, -0.25) is 5.41 Å². The molecule has 11 aromatic rings. The fourth-order valence-electron chi connectivity index (χ4n) is 14.8. The Morgan fingerprint density at radius 2 is 1.03 bits per heavy atom. The standard InChI is InChI=1S/C25H22O4.C24H21NO5.C24H23NO.C20H24N2.ClH/c1-15-9-11-19-21(13-15)27-22-14-16(28-24(2,3)4)10-12-20(22)25(19)18-8-6-5-7-17(18)23(26)29-25;1-23(2,3)25-13-4-7-17-16(10-13)22(28)30-24(17)18-8-5-14(26)11-20(18)29-21-12-15(27)6-9-19(21)24;1-24(2,3)15-16-9-11-19-21(13-16)26-22-14-18(25)10-12-20(22)23(19)17-7-5-4-6-8-17;1-12-7-15-10-16-8-14(3)17(22-20(4,5)6)11-19(16)21-18(15)9-13(12)2;/h5-14H,1-4H3;4-12,25-27H,1-3H3;4-14,25H,15H2,1-3H3;7-11,22H,1-6H3;1H. The smallest absolute Gasteiger partial charge is 0.340 e. The van der Waals surface area contributed by atoms with Crippen molar-refractivity contribution in [1.29, 1.82) is 0 Å². The molecule has 1 atom stereocenters. The maximum absolute atomic E-state index is 13.0. The van der Waals surface area contributed by atoms with Crippen molar-refractivity contribution in [3.05, 3.63) is 290 Å². The summed E-state index contributed by atoms with van der Waals surface area (Å²) in [6.45, 7) is 33.9. The predicted molar refractivity (Wildman–Crippen MR) is 425 cm³/mol. The number of anilines is 2. The number of phenols is 2. The summed E-state index contributed by atoms with van der Waals surface area (Å²) >= 11 is 0. The molecular weight excluding hydrogens is 1370 g/mol. The number of carbonyl (C=O) groups excluding carboxylic acids is 2. The number of aromatic hydroxyl groups is 2. The lowest BCUT2D eigenvalue weighted by Crippen LogP contribution is -3.00. The molecule has 1 aromatic heterocycles. The number of nitrogens with one attached hydrogen (secondary N) is 2. The zero-order chi connectivity index (χ0) is 76.0. The average molecular weight is 1460 g/mol. The second-order valence-corrected chi connectivity index (χ2v) is 32.8. The number of phenolic OH excluding ortho intramolecular Hbond substituents is 2. The molecule has 2 spiro atoms. The number of halogens is 1. The molecule has 5 aliphatic heterocycles. The van der Waals surface area contributed by atoms with E-state index < -0.39 is 17.2 Å². The van der Waals surface area contributed by atoms with Crippen LogP contribution in [0.25, 0.3) is 55.2 Å². The molecule has 0 radical (unpaired) electrons. The average Bonchev–Trinajstić information content (AvgIpc) is 1.51. The number of nitrogens with zero attached hydrogens (tertiary/aromatic N) is 1. The highest BCUT2D eigenvalue weighted by atomic mass is 35.5. The first-order valence-electron chi connectivity index (χ1n) is 36.3. The van der Waals surface area contributed by atoms with Crippen LogP contribution in [0.1, 0.15) is 165 Å². The van der Waals surface area contributed by atoms with Crippen LogP contribution in [0.3, 0.4) is 0 Å². The van der Waals surface area contributed by atoms with E-state index in [-0.39, 0.29) is 52.0 Å². The molecule has 6 heterocycles. The molecule has 0 saturated carbocycles. The molecule has 6 N–H and O–H groups in total. The highest BCUT2D eigenvalue weighted by Gasteiger charge is 2.55. The second-order valence-electron chi connectivity index (χ2n) is 32.8. The molecule has 17 rings (SSSR count). The largest absolute Gasteiger partial charge is 1.00 e. The minimum atomic E-state index is -1.23. The molecular formula is C93H91ClN4O10. The van der Waals surface area contributed by atoms with Crippen molar-refractivity contribution in [2.75, 3.05) is 10.6 Å². The number of rotatable bonds is 5. The van der Waals surface area contributed by atoms with Gasteiger partial charge in [-0.2, -0.15) is 0 Å². The number of hydrogen-bond acceptors (Lipinski definition) is 13. The third kappa shape index (κ3) is 14.7. The van der Waals surface area contributed by atoms with Gasteiger partial charge in [0.1, 0.15) is 57.2 Å². The molecule has 1 aliphatic carbocycles. The van der Waals surface area contributed by atoms with Crippen LogP contribution in [0.2, 0.25) is 0 Å². The zero-order valence-corrected chi connectivity index (χ0v) is 64.7. The summed E-state index contributed by atoms with van der Waals surface area (Å²) in [4.78, 5) is 30.7. The predicted octanol–water partition coefficient (Wildman–Crippen LogP) is 17.6. The van der Waals surface area contributed by atoms with Gasteiger partial charge in [0, 0.05) is 107 Å². The third-order valence-corrected chi connectivity index (χ3v) is 19.2. The van der Waals surface area contributed by atoms with Crippen molar-refractivity contribution in [1.82, 2.24) is 4.98 Å². The van der Waals surface area contributed by atoms with Crippen LogP contribution in [-0.2, 0) is 27.1 Å². The van der Waals surface area contributed by atoms with Gasteiger partial charge in [-0.15, -0.1) is 0 Å². The van der Waals surface area contributed by atoms with Crippen molar-refractivity contribution < 1.29 is 65.7 Å². The lowest BCUT2D eigenvalue weighted by atomic mass is 9.77. The Hall–Kier alpha value is -11.6. The van der Waals surface area contributed by atoms with Crippen molar-refractivity contribution in [2.45, 2.75) is 145 Å². The van der Waals surface area contributed by atoms with E-state index in [1.54, 1.807) is 18.2 Å². The summed E-state index contributed by atoms with van der Waals surface area (Å²) in [6.07, 6.45) is 1.01.